The molecule has 4 aromatic carbocycles. The Kier molecular flexibility index (Phi) is 12.9. The average Bonchev–Trinajstić information content (AvgIpc) is 3.16. The third-order valence-electron chi connectivity index (χ3n) is 8.97. The van der Waals surface area contributed by atoms with E-state index in [1.165, 1.54) is 16.7 Å². The predicted molar refractivity (Wildman–Crippen MR) is 209 cm³/mol. The van der Waals surface area contributed by atoms with Crippen molar-refractivity contribution < 1.29 is 19.0 Å². The normalized spacial score (nSPS) is 13.4. The molecule has 7 nitrogen and oxygen atoms in total. The lowest BCUT2D eigenvalue weighted by atomic mass is 10.0. The van der Waals surface area contributed by atoms with Gasteiger partial charge in [-0.2, -0.15) is 0 Å². The largest absolute Gasteiger partial charge is 0.493 e. The number of piperazine rings is 1. The van der Waals surface area contributed by atoms with Gasteiger partial charge < -0.3 is 19.1 Å². The van der Waals surface area contributed by atoms with Crippen LogP contribution in [-0.4, -0.2) is 53.5 Å². The van der Waals surface area contributed by atoms with E-state index in [4.69, 9.17) is 37.4 Å². The van der Waals surface area contributed by atoms with E-state index in [9.17, 15) is 4.79 Å². The summed E-state index contributed by atoms with van der Waals surface area (Å²) in [4.78, 5) is 21.6. The number of nitrogens with zero attached hydrogens (tertiary/aromatic N) is 3. The molecule has 1 fully saturated rings. The van der Waals surface area contributed by atoms with Crippen LogP contribution in [-0.2, 0) is 24.4 Å². The quantitative estimate of drug-likeness (QED) is 0.106. The van der Waals surface area contributed by atoms with Crippen LogP contribution in [0.3, 0.4) is 0 Å². The average molecular weight is 737 g/mol. The van der Waals surface area contributed by atoms with Gasteiger partial charge in [-0.1, -0.05) is 97.7 Å². The molecule has 2 heterocycles. The van der Waals surface area contributed by atoms with Gasteiger partial charge in [0.2, 0.25) is 11.8 Å². The molecular formula is C43H43Cl2N3O4. The van der Waals surface area contributed by atoms with Gasteiger partial charge in [0, 0.05) is 61.9 Å². The van der Waals surface area contributed by atoms with Gasteiger partial charge in [-0.05, 0) is 70.6 Å². The van der Waals surface area contributed by atoms with Gasteiger partial charge in [0.1, 0.15) is 23.9 Å². The highest BCUT2D eigenvalue weighted by Gasteiger charge is 2.20. The molecule has 0 unspecified atom stereocenters. The van der Waals surface area contributed by atoms with E-state index in [1.807, 2.05) is 35.2 Å². The lowest BCUT2D eigenvalue weighted by Gasteiger charge is -2.34. The lowest BCUT2D eigenvalue weighted by molar-refractivity contribution is -0.127. The number of hydrogen-bond donors (Lipinski definition) is 0. The van der Waals surface area contributed by atoms with E-state index in [0.717, 1.165) is 42.9 Å². The Hall–Kier alpha value is -4.82. The molecule has 0 N–H and O–H groups in total. The molecule has 5 aromatic rings. The molecule has 0 atom stereocenters. The molecule has 1 aliphatic rings. The van der Waals surface area contributed by atoms with Crippen molar-refractivity contribution in [2.45, 2.75) is 39.3 Å². The molecule has 6 rings (SSSR count). The number of aromatic nitrogens is 1. The Labute approximate surface area is 316 Å². The number of carbonyl (C=O) groups is 1. The number of pyridine rings is 1. The summed E-state index contributed by atoms with van der Waals surface area (Å²) in [5.74, 6) is 2.85. The molecule has 1 amide bonds. The van der Waals surface area contributed by atoms with Crippen LogP contribution in [0.5, 0.6) is 23.1 Å². The molecule has 1 aromatic heterocycles. The van der Waals surface area contributed by atoms with Crippen LogP contribution in [0.2, 0.25) is 10.0 Å². The highest BCUT2D eigenvalue weighted by Crippen LogP contribution is 2.30. The summed E-state index contributed by atoms with van der Waals surface area (Å²) in [6, 6.07) is 33.6. The first-order chi connectivity index (χ1) is 25.3. The first-order valence-corrected chi connectivity index (χ1v) is 18.3. The molecule has 268 valence electrons. The second-order valence-corrected chi connectivity index (χ2v) is 13.9. The number of halogens is 2. The lowest BCUT2D eigenvalue weighted by Crippen LogP contribution is -2.47. The van der Waals surface area contributed by atoms with Crippen molar-refractivity contribution in [1.82, 2.24) is 14.8 Å². The fourth-order valence-corrected chi connectivity index (χ4v) is 6.23. The minimum Gasteiger partial charge on any atom is -0.493 e. The van der Waals surface area contributed by atoms with E-state index >= 15 is 0 Å². The van der Waals surface area contributed by atoms with Crippen molar-refractivity contribution in [1.29, 1.82) is 0 Å². The van der Waals surface area contributed by atoms with Gasteiger partial charge >= 0.3 is 0 Å². The van der Waals surface area contributed by atoms with E-state index in [0.29, 0.717) is 59.6 Å². The molecule has 9 heteroatoms. The number of hydrogen-bond acceptors (Lipinski definition) is 6. The maximum atomic E-state index is 13.0. The first kappa shape index (κ1) is 37.0. The molecule has 1 saturated heterocycles. The van der Waals surface area contributed by atoms with Crippen LogP contribution in [0.1, 0.15) is 47.6 Å². The highest BCUT2D eigenvalue weighted by atomic mass is 35.5. The zero-order chi connectivity index (χ0) is 36.3. The number of rotatable bonds is 14. The fourth-order valence-electron chi connectivity index (χ4n) is 5.81. The Morgan fingerprint density at radius 2 is 1.54 bits per heavy atom. The minimum atomic E-state index is -0.0143. The fraction of sp³-hybridized carbons (Fsp3) is 0.256. The summed E-state index contributed by atoms with van der Waals surface area (Å²) in [6.07, 6.45) is 5.84. The van der Waals surface area contributed by atoms with Gasteiger partial charge in [-0.25, -0.2) is 4.98 Å². The number of benzene rings is 4. The third-order valence-corrected chi connectivity index (χ3v) is 9.63. The maximum absolute atomic E-state index is 13.0. The zero-order valence-corrected chi connectivity index (χ0v) is 31.0. The molecule has 0 bridgehead atoms. The highest BCUT2D eigenvalue weighted by molar-refractivity contribution is 6.32. The third kappa shape index (κ3) is 10.6. The summed E-state index contributed by atoms with van der Waals surface area (Å²) in [5, 5.41) is 1.07. The summed E-state index contributed by atoms with van der Waals surface area (Å²) in [7, 11) is 0. The van der Waals surface area contributed by atoms with Crippen LogP contribution in [0.15, 0.2) is 115 Å². The standard InChI is InChI=1S/C43H43Cl2N3O4/c1-31(2)35-13-15-37(16-14-35)50-26-21-32-7-9-34(10-8-32)29-47-22-24-48(25-23-47)43(49)20-12-33-11-18-41(40(45)27-33)52-42-19-17-38(28-46-42)51-30-36-5-3-4-6-39(36)44/h3-20,27-28,31H,21-26,29-30H2,1-2H3. The second-order valence-electron chi connectivity index (χ2n) is 13.1. The smallest absolute Gasteiger partial charge is 0.246 e. The SMILES string of the molecule is CC(C)c1ccc(OCCc2ccc(CN3CCN(C(=O)C=Cc4ccc(Oc5ccc(OCc6ccccc6Cl)cn5)c(Cl)c4)CC3)cc2)cc1. The van der Waals surface area contributed by atoms with E-state index in [2.05, 4.69) is 72.3 Å². The Morgan fingerprint density at radius 1 is 0.808 bits per heavy atom. The number of amides is 1. The molecular weight excluding hydrogens is 693 g/mol. The van der Waals surface area contributed by atoms with Crippen LogP contribution in [0, 0.1) is 0 Å². The Balaban J connectivity index is 0.905. The molecule has 52 heavy (non-hydrogen) atoms. The van der Waals surface area contributed by atoms with Crippen LogP contribution in [0.25, 0.3) is 6.08 Å². The molecule has 1 aliphatic heterocycles. The summed E-state index contributed by atoms with van der Waals surface area (Å²) in [6.45, 7) is 9.25. The molecule has 0 radical (unpaired) electrons. The van der Waals surface area contributed by atoms with Gasteiger partial charge in [-0.15, -0.1) is 0 Å². The van der Waals surface area contributed by atoms with Gasteiger partial charge in [-0.3, -0.25) is 9.69 Å². The number of carbonyl (C=O) groups excluding carboxylic acids is 1. The van der Waals surface area contributed by atoms with Crippen molar-refractivity contribution in [2.75, 3.05) is 32.8 Å². The van der Waals surface area contributed by atoms with E-state index in [-0.39, 0.29) is 5.91 Å². The summed E-state index contributed by atoms with van der Waals surface area (Å²) >= 11 is 12.7. The van der Waals surface area contributed by atoms with Crippen molar-refractivity contribution >= 4 is 35.2 Å². The zero-order valence-electron chi connectivity index (χ0n) is 29.5. The summed E-state index contributed by atoms with van der Waals surface area (Å²) in [5.41, 5.74) is 5.54. The topological polar surface area (TPSA) is 64.1 Å². The maximum Gasteiger partial charge on any atom is 0.246 e. The van der Waals surface area contributed by atoms with Gasteiger partial charge in [0.05, 0.1) is 17.8 Å². The van der Waals surface area contributed by atoms with Crippen molar-refractivity contribution in [3.63, 3.8) is 0 Å². The monoisotopic (exact) mass is 735 g/mol. The van der Waals surface area contributed by atoms with E-state index in [1.54, 1.807) is 42.6 Å². The van der Waals surface area contributed by atoms with Crippen LogP contribution < -0.4 is 14.2 Å². The van der Waals surface area contributed by atoms with Crippen LogP contribution >= 0.6 is 23.2 Å². The minimum absolute atomic E-state index is 0.0143. The second kappa shape index (κ2) is 18.1. The Bertz CT molecular complexity index is 1940. The van der Waals surface area contributed by atoms with Crippen molar-refractivity contribution in [3.05, 3.63) is 153 Å². The van der Waals surface area contributed by atoms with E-state index < -0.39 is 0 Å². The molecule has 0 spiro atoms. The molecule has 0 saturated carbocycles. The summed E-state index contributed by atoms with van der Waals surface area (Å²) < 4.78 is 17.6. The van der Waals surface area contributed by atoms with Crippen LogP contribution in [0.4, 0.5) is 0 Å². The van der Waals surface area contributed by atoms with Crippen molar-refractivity contribution in [3.8, 4) is 23.1 Å². The first-order valence-electron chi connectivity index (χ1n) is 17.6. The number of ether oxygens (including phenoxy) is 3. The Morgan fingerprint density at radius 3 is 2.23 bits per heavy atom. The molecule has 0 aliphatic carbocycles. The predicted octanol–water partition coefficient (Wildman–Crippen LogP) is 9.86. The van der Waals surface area contributed by atoms with Crippen molar-refractivity contribution in [2.24, 2.45) is 0 Å². The van der Waals surface area contributed by atoms with Gasteiger partial charge in [0.25, 0.3) is 0 Å². The van der Waals surface area contributed by atoms with Gasteiger partial charge in [0.15, 0.2) is 0 Å².